The van der Waals surface area contributed by atoms with Gasteiger partial charge in [-0.15, -0.1) is 0 Å². The molecule has 0 aliphatic heterocycles. The number of aryl methyl sites for hydroxylation is 1. The molecule has 1 saturated carbocycles. The fourth-order valence-corrected chi connectivity index (χ4v) is 3.19. The Labute approximate surface area is 111 Å². The molecular formula is C14H18BrNO. The van der Waals surface area contributed by atoms with Crippen LogP contribution in [0.2, 0.25) is 0 Å². The highest BCUT2D eigenvalue weighted by Gasteiger charge is 2.29. The molecule has 1 aromatic rings. The van der Waals surface area contributed by atoms with Crippen LogP contribution in [0.5, 0.6) is 0 Å². The van der Waals surface area contributed by atoms with Gasteiger partial charge in [0.1, 0.15) is 0 Å². The molecule has 1 aromatic carbocycles. The molecule has 0 saturated heterocycles. The molecule has 1 N–H and O–H groups in total. The fourth-order valence-electron chi connectivity index (χ4n) is 2.58. The van der Waals surface area contributed by atoms with E-state index in [0.717, 1.165) is 22.1 Å². The highest BCUT2D eigenvalue weighted by Crippen LogP contribution is 2.32. The van der Waals surface area contributed by atoms with Crippen LogP contribution in [0.4, 0.5) is 5.69 Å². The van der Waals surface area contributed by atoms with Crippen LogP contribution < -0.4 is 5.32 Å². The van der Waals surface area contributed by atoms with Crippen molar-refractivity contribution in [2.75, 3.05) is 5.32 Å². The van der Waals surface area contributed by atoms with Crippen LogP contribution in [-0.2, 0) is 4.79 Å². The SMILES string of the molecule is Cc1cc(Br)cc(NC(=O)C2CCCC2C)c1. The smallest absolute Gasteiger partial charge is 0.227 e. The van der Waals surface area contributed by atoms with Gasteiger partial charge in [0, 0.05) is 16.1 Å². The number of hydrogen-bond donors (Lipinski definition) is 1. The molecule has 0 radical (unpaired) electrons. The largest absolute Gasteiger partial charge is 0.326 e. The molecule has 1 aliphatic carbocycles. The molecule has 1 aliphatic rings. The van der Waals surface area contributed by atoms with Crippen molar-refractivity contribution in [2.24, 2.45) is 11.8 Å². The molecule has 0 heterocycles. The van der Waals surface area contributed by atoms with E-state index in [9.17, 15) is 4.79 Å². The topological polar surface area (TPSA) is 29.1 Å². The maximum absolute atomic E-state index is 12.1. The number of hydrogen-bond acceptors (Lipinski definition) is 1. The molecule has 2 nitrogen and oxygen atoms in total. The fraction of sp³-hybridized carbons (Fsp3) is 0.500. The summed E-state index contributed by atoms with van der Waals surface area (Å²) in [4.78, 5) is 12.1. The number of rotatable bonds is 2. The minimum Gasteiger partial charge on any atom is -0.326 e. The summed E-state index contributed by atoms with van der Waals surface area (Å²) in [6, 6.07) is 5.99. The predicted molar refractivity (Wildman–Crippen MR) is 74.0 cm³/mol. The molecule has 17 heavy (non-hydrogen) atoms. The second kappa shape index (κ2) is 5.21. The molecule has 0 aromatic heterocycles. The number of halogens is 1. The molecule has 0 bridgehead atoms. The number of amides is 1. The van der Waals surface area contributed by atoms with Gasteiger partial charge in [0.15, 0.2) is 0 Å². The first-order valence-electron chi connectivity index (χ1n) is 6.14. The van der Waals surface area contributed by atoms with E-state index in [1.165, 1.54) is 12.8 Å². The van der Waals surface area contributed by atoms with Gasteiger partial charge in [-0.2, -0.15) is 0 Å². The molecule has 3 heteroatoms. The maximum Gasteiger partial charge on any atom is 0.227 e. The van der Waals surface area contributed by atoms with Crippen LogP contribution in [-0.4, -0.2) is 5.91 Å². The van der Waals surface area contributed by atoms with Gasteiger partial charge in [-0.1, -0.05) is 29.3 Å². The first kappa shape index (κ1) is 12.6. The van der Waals surface area contributed by atoms with E-state index in [-0.39, 0.29) is 11.8 Å². The number of anilines is 1. The summed E-state index contributed by atoms with van der Waals surface area (Å²) in [5.74, 6) is 0.880. The van der Waals surface area contributed by atoms with Crippen molar-refractivity contribution in [3.63, 3.8) is 0 Å². The van der Waals surface area contributed by atoms with Crippen molar-refractivity contribution in [2.45, 2.75) is 33.1 Å². The summed E-state index contributed by atoms with van der Waals surface area (Å²) in [6.07, 6.45) is 3.38. The second-order valence-corrected chi connectivity index (χ2v) is 5.94. The van der Waals surface area contributed by atoms with Crippen LogP contribution in [0.25, 0.3) is 0 Å². The van der Waals surface area contributed by atoms with E-state index in [2.05, 4.69) is 28.2 Å². The van der Waals surface area contributed by atoms with E-state index in [1.807, 2.05) is 25.1 Å². The zero-order valence-corrected chi connectivity index (χ0v) is 11.9. The zero-order chi connectivity index (χ0) is 12.4. The van der Waals surface area contributed by atoms with Crippen LogP contribution in [0.15, 0.2) is 22.7 Å². The van der Waals surface area contributed by atoms with E-state index in [1.54, 1.807) is 0 Å². The minimum absolute atomic E-state index is 0.174. The molecule has 0 spiro atoms. The van der Waals surface area contributed by atoms with Crippen molar-refractivity contribution in [3.8, 4) is 0 Å². The van der Waals surface area contributed by atoms with Gasteiger partial charge in [0.2, 0.25) is 5.91 Å². The highest BCUT2D eigenvalue weighted by atomic mass is 79.9. The first-order chi connectivity index (χ1) is 8.06. The number of carbonyl (C=O) groups is 1. The molecule has 2 unspecified atom stereocenters. The van der Waals surface area contributed by atoms with Crippen molar-refractivity contribution in [1.82, 2.24) is 0 Å². The van der Waals surface area contributed by atoms with Gasteiger partial charge in [0.05, 0.1) is 0 Å². The average Bonchev–Trinajstić information content (AvgIpc) is 2.62. The predicted octanol–water partition coefficient (Wildman–Crippen LogP) is 4.13. The standard InChI is InChI=1S/C14H18BrNO/c1-9-6-11(15)8-12(7-9)16-14(17)13-5-3-4-10(13)2/h6-8,10,13H,3-5H2,1-2H3,(H,16,17). The minimum atomic E-state index is 0.174. The van der Waals surface area contributed by atoms with Gasteiger partial charge in [-0.05, 0) is 49.4 Å². The average molecular weight is 296 g/mol. The van der Waals surface area contributed by atoms with Crippen molar-refractivity contribution < 1.29 is 4.79 Å². The van der Waals surface area contributed by atoms with E-state index in [0.29, 0.717) is 5.92 Å². The van der Waals surface area contributed by atoms with Crippen molar-refractivity contribution >= 4 is 27.5 Å². The summed E-state index contributed by atoms with van der Waals surface area (Å²) < 4.78 is 1.01. The van der Waals surface area contributed by atoms with Gasteiger partial charge in [-0.3, -0.25) is 4.79 Å². The Balaban J connectivity index is 2.07. The second-order valence-electron chi connectivity index (χ2n) is 5.02. The van der Waals surface area contributed by atoms with Gasteiger partial charge < -0.3 is 5.32 Å². The lowest BCUT2D eigenvalue weighted by Gasteiger charge is -2.15. The summed E-state index contributed by atoms with van der Waals surface area (Å²) in [5, 5.41) is 3.03. The first-order valence-corrected chi connectivity index (χ1v) is 6.93. The quantitative estimate of drug-likeness (QED) is 0.873. The molecular weight excluding hydrogens is 278 g/mol. The lowest BCUT2D eigenvalue weighted by atomic mass is 9.97. The number of nitrogens with one attached hydrogen (secondary N) is 1. The molecule has 2 atom stereocenters. The monoisotopic (exact) mass is 295 g/mol. The Bertz CT molecular complexity index is 410. The summed E-state index contributed by atoms with van der Waals surface area (Å²) in [7, 11) is 0. The summed E-state index contributed by atoms with van der Waals surface area (Å²) >= 11 is 3.45. The third-order valence-corrected chi connectivity index (χ3v) is 3.97. The van der Waals surface area contributed by atoms with Gasteiger partial charge in [-0.25, -0.2) is 0 Å². The number of benzene rings is 1. The Morgan fingerprint density at radius 3 is 2.71 bits per heavy atom. The zero-order valence-electron chi connectivity index (χ0n) is 10.3. The van der Waals surface area contributed by atoms with E-state index in [4.69, 9.17) is 0 Å². The molecule has 2 rings (SSSR count). The van der Waals surface area contributed by atoms with Crippen LogP contribution in [0.1, 0.15) is 31.7 Å². The Hall–Kier alpha value is -0.830. The summed E-state index contributed by atoms with van der Waals surface area (Å²) in [6.45, 7) is 4.20. The van der Waals surface area contributed by atoms with Crippen molar-refractivity contribution in [1.29, 1.82) is 0 Å². The Morgan fingerprint density at radius 1 is 1.35 bits per heavy atom. The molecule has 92 valence electrons. The lowest BCUT2D eigenvalue weighted by Crippen LogP contribution is -2.24. The van der Waals surface area contributed by atoms with Crippen molar-refractivity contribution in [3.05, 3.63) is 28.2 Å². The normalized spacial score (nSPS) is 23.7. The molecule has 1 amide bonds. The van der Waals surface area contributed by atoms with E-state index < -0.39 is 0 Å². The Morgan fingerprint density at radius 2 is 2.12 bits per heavy atom. The lowest BCUT2D eigenvalue weighted by molar-refractivity contribution is -0.120. The van der Waals surface area contributed by atoms with Crippen LogP contribution in [0.3, 0.4) is 0 Å². The van der Waals surface area contributed by atoms with E-state index >= 15 is 0 Å². The Kier molecular flexibility index (Phi) is 3.87. The third kappa shape index (κ3) is 3.09. The van der Waals surface area contributed by atoms with Crippen LogP contribution in [0, 0.1) is 18.8 Å². The van der Waals surface area contributed by atoms with Crippen LogP contribution >= 0.6 is 15.9 Å². The molecule has 1 fully saturated rings. The number of carbonyl (C=O) groups excluding carboxylic acids is 1. The summed E-state index contributed by atoms with van der Waals surface area (Å²) in [5.41, 5.74) is 2.04. The maximum atomic E-state index is 12.1. The third-order valence-electron chi connectivity index (χ3n) is 3.51. The van der Waals surface area contributed by atoms with Gasteiger partial charge >= 0.3 is 0 Å². The van der Waals surface area contributed by atoms with Gasteiger partial charge in [0.25, 0.3) is 0 Å². The highest BCUT2D eigenvalue weighted by molar-refractivity contribution is 9.10.